The number of benzene rings is 1. The molecule has 1 aromatic carbocycles. The summed E-state index contributed by atoms with van der Waals surface area (Å²) in [4.78, 5) is 16.0. The van der Waals surface area contributed by atoms with Gasteiger partial charge < -0.3 is 16.4 Å². The highest BCUT2D eigenvalue weighted by Crippen LogP contribution is 2.11. The topological polar surface area (TPSA) is 79.5 Å². The molecule has 0 aliphatic carbocycles. The molecule has 0 fully saturated rings. The molecule has 1 amide bonds. The van der Waals surface area contributed by atoms with Crippen molar-refractivity contribution in [3.05, 3.63) is 34.3 Å². The van der Waals surface area contributed by atoms with Gasteiger partial charge in [0.25, 0.3) is 5.91 Å². The Kier molecular flexibility index (Phi) is 8.88. The molecule has 1 aromatic rings. The van der Waals surface area contributed by atoms with Crippen LogP contribution in [0.15, 0.2) is 33.7 Å². The Morgan fingerprint density at radius 2 is 2.05 bits per heavy atom. The number of rotatable bonds is 4. The first kappa shape index (κ1) is 20.2. The van der Waals surface area contributed by atoms with E-state index in [4.69, 9.17) is 5.73 Å². The highest BCUT2D eigenvalue weighted by atomic mass is 127. The summed E-state index contributed by atoms with van der Waals surface area (Å²) in [6.45, 7) is 6.89. The van der Waals surface area contributed by atoms with Crippen LogP contribution in [-0.4, -0.2) is 30.5 Å². The predicted octanol–water partition coefficient (Wildman–Crippen LogP) is 2.50. The normalized spacial score (nSPS) is 11.5. The summed E-state index contributed by atoms with van der Waals surface area (Å²) in [5.41, 5.74) is 6.22. The highest BCUT2D eigenvalue weighted by molar-refractivity contribution is 14.0. The molecule has 7 heteroatoms. The lowest BCUT2D eigenvalue weighted by atomic mass is 10.1. The standard InChI is InChI=1S/C14H21BrN4O.HI/c1-14(2,3)19-13(16)18-8-7-17-12(20)10-5-4-6-11(15)9-10;/h4-6,9H,7-8H2,1-3H3,(H,17,20)(H3,16,18,19);1H. The third-order valence-electron chi connectivity index (χ3n) is 2.27. The van der Waals surface area contributed by atoms with E-state index in [9.17, 15) is 4.79 Å². The van der Waals surface area contributed by atoms with E-state index in [1.165, 1.54) is 0 Å². The van der Waals surface area contributed by atoms with Crippen LogP contribution in [0.3, 0.4) is 0 Å². The summed E-state index contributed by atoms with van der Waals surface area (Å²) >= 11 is 3.33. The number of nitrogens with two attached hydrogens (primary N) is 1. The molecule has 0 heterocycles. The number of carbonyl (C=O) groups excluding carboxylic acids is 1. The lowest BCUT2D eigenvalue weighted by molar-refractivity contribution is 0.0954. The molecule has 5 nitrogen and oxygen atoms in total. The first-order chi connectivity index (χ1) is 9.28. The fourth-order valence-electron chi connectivity index (χ4n) is 1.50. The lowest BCUT2D eigenvalue weighted by Gasteiger charge is -2.20. The third-order valence-corrected chi connectivity index (χ3v) is 2.76. The Morgan fingerprint density at radius 3 is 2.62 bits per heavy atom. The number of nitrogens with zero attached hydrogens (tertiary/aromatic N) is 1. The van der Waals surface area contributed by atoms with Gasteiger partial charge in [-0.05, 0) is 39.0 Å². The molecule has 0 atom stereocenters. The van der Waals surface area contributed by atoms with Gasteiger partial charge in [-0.2, -0.15) is 0 Å². The Hall–Kier alpha value is -0.830. The number of hydrogen-bond acceptors (Lipinski definition) is 2. The second-order valence-corrected chi connectivity index (χ2v) is 6.32. The largest absolute Gasteiger partial charge is 0.370 e. The van der Waals surface area contributed by atoms with Crippen LogP contribution < -0.4 is 16.4 Å². The second kappa shape index (κ2) is 9.24. The van der Waals surface area contributed by atoms with Crippen molar-refractivity contribution in [1.29, 1.82) is 0 Å². The zero-order valence-electron chi connectivity index (χ0n) is 12.4. The van der Waals surface area contributed by atoms with E-state index in [2.05, 4.69) is 31.6 Å². The Balaban J connectivity index is 0.00000400. The number of nitrogens with one attached hydrogen (secondary N) is 2. The van der Waals surface area contributed by atoms with Gasteiger partial charge in [-0.25, -0.2) is 0 Å². The van der Waals surface area contributed by atoms with Crippen molar-refractivity contribution in [3.63, 3.8) is 0 Å². The van der Waals surface area contributed by atoms with Gasteiger partial charge >= 0.3 is 0 Å². The fraction of sp³-hybridized carbons (Fsp3) is 0.429. The van der Waals surface area contributed by atoms with E-state index in [1.807, 2.05) is 32.9 Å². The van der Waals surface area contributed by atoms with Crippen LogP contribution in [0.4, 0.5) is 0 Å². The maximum Gasteiger partial charge on any atom is 0.251 e. The lowest BCUT2D eigenvalue weighted by Crippen LogP contribution is -2.45. The Labute approximate surface area is 151 Å². The van der Waals surface area contributed by atoms with E-state index in [1.54, 1.807) is 12.1 Å². The third kappa shape index (κ3) is 8.92. The second-order valence-electron chi connectivity index (χ2n) is 5.41. The quantitative estimate of drug-likeness (QED) is 0.275. The summed E-state index contributed by atoms with van der Waals surface area (Å²) in [5, 5.41) is 5.85. The number of guanidine groups is 1. The number of carbonyl (C=O) groups is 1. The number of aliphatic imine (C=N–C) groups is 1. The van der Waals surface area contributed by atoms with Gasteiger partial charge in [0.05, 0.1) is 6.54 Å². The van der Waals surface area contributed by atoms with Crippen LogP contribution in [0.25, 0.3) is 0 Å². The first-order valence-corrected chi connectivity index (χ1v) is 7.19. The minimum absolute atomic E-state index is 0. The van der Waals surface area contributed by atoms with Crippen LogP contribution in [-0.2, 0) is 0 Å². The van der Waals surface area contributed by atoms with Gasteiger partial charge in [0.15, 0.2) is 5.96 Å². The molecular formula is C14H22BrIN4O. The van der Waals surface area contributed by atoms with Gasteiger partial charge in [-0.1, -0.05) is 22.0 Å². The monoisotopic (exact) mass is 468 g/mol. The van der Waals surface area contributed by atoms with Gasteiger partial charge in [-0.15, -0.1) is 24.0 Å². The molecule has 118 valence electrons. The zero-order valence-corrected chi connectivity index (χ0v) is 16.4. The van der Waals surface area contributed by atoms with Crippen LogP contribution in [0, 0.1) is 0 Å². The van der Waals surface area contributed by atoms with Gasteiger partial charge in [0.1, 0.15) is 0 Å². The predicted molar refractivity (Wildman–Crippen MR) is 101 cm³/mol. The average molecular weight is 469 g/mol. The average Bonchev–Trinajstić information content (AvgIpc) is 2.32. The van der Waals surface area contributed by atoms with Gasteiger partial charge in [0.2, 0.25) is 0 Å². The number of halogens is 2. The van der Waals surface area contributed by atoms with Crippen molar-refractivity contribution in [1.82, 2.24) is 10.6 Å². The molecule has 0 aliphatic rings. The van der Waals surface area contributed by atoms with Gasteiger partial charge in [0, 0.05) is 22.1 Å². The molecule has 0 spiro atoms. The van der Waals surface area contributed by atoms with E-state index in [-0.39, 0.29) is 35.4 Å². The molecule has 0 aromatic heterocycles. The van der Waals surface area contributed by atoms with Crippen molar-refractivity contribution < 1.29 is 4.79 Å². The first-order valence-electron chi connectivity index (χ1n) is 6.40. The highest BCUT2D eigenvalue weighted by Gasteiger charge is 2.09. The summed E-state index contributed by atoms with van der Waals surface area (Å²) in [6, 6.07) is 7.23. The van der Waals surface area contributed by atoms with Gasteiger partial charge in [-0.3, -0.25) is 9.79 Å². The molecule has 21 heavy (non-hydrogen) atoms. The fourth-order valence-corrected chi connectivity index (χ4v) is 1.90. The van der Waals surface area contributed by atoms with Crippen molar-refractivity contribution in [2.24, 2.45) is 10.7 Å². The maximum absolute atomic E-state index is 11.8. The molecule has 1 rings (SSSR count). The smallest absolute Gasteiger partial charge is 0.251 e. The Morgan fingerprint density at radius 1 is 1.38 bits per heavy atom. The Bertz CT molecular complexity index is 500. The number of hydrogen-bond donors (Lipinski definition) is 3. The van der Waals surface area contributed by atoms with Crippen LogP contribution in [0.2, 0.25) is 0 Å². The molecular weight excluding hydrogens is 447 g/mol. The van der Waals surface area contributed by atoms with E-state index >= 15 is 0 Å². The molecule has 0 unspecified atom stereocenters. The molecule has 4 N–H and O–H groups in total. The van der Waals surface area contributed by atoms with E-state index in [0.717, 1.165) is 4.47 Å². The van der Waals surface area contributed by atoms with E-state index in [0.29, 0.717) is 24.6 Å². The summed E-state index contributed by atoms with van der Waals surface area (Å²) < 4.78 is 0.877. The van der Waals surface area contributed by atoms with Crippen molar-refractivity contribution >= 4 is 51.8 Å². The molecule has 0 aliphatic heterocycles. The molecule has 0 radical (unpaired) electrons. The number of amides is 1. The molecule has 0 bridgehead atoms. The van der Waals surface area contributed by atoms with Crippen LogP contribution in [0.5, 0.6) is 0 Å². The van der Waals surface area contributed by atoms with Crippen molar-refractivity contribution in [3.8, 4) is 0 Å². The van der Waals surface area contributed by atoms with E-state index < -0.39 is 0 Å². The van der Waals surface area contributed by atoms with Crippen LogP contribution in [0.1, 0.15) is 31.1 Å². The van der Waals surface area contributed by atoms with Crippen molar-refractivity contribution in [2.75, 3.05) is 13.1 Å². The molecule has 0 saturated heterocycles. The zero-order chi connectivity index (χ0) is 15.2. The maximum atomic E-state index is 11.8. The minimum Gasteiger partial charge on any atom is -0.370 e. The van der Waals surface area contributed by atoms with Crippen molar-refractivity contribution in [2.45, 2.75) is 26.3 Å². The molecule has 0 saturated carbocycles. The van der Waals surface area contributed by atoms with Crippen LogP contribution >= 0.6 is 39.9 Å². The minimum atomic E-state index is -0.121. The SMILES string of the molecule is CC(C)(C)NC(N)=NCCNC(=O)c1cccc(Br)c1.I. The summed E-state index contributed by atoms with van der Waals surface area (Å²) in [5.74, 6) is 0.262. The summed E-state index contributed by atoms with van der Waals surface area (Å²) in [6.07, 6.45) is 0. The summed E-state index contributed by atoms with van der Waals surface area (Å²) in [7, 11) is 0.